The zero-order chi connectivity index (χ0) is 12.1. The lowest BCUT2D eigenvalue weighted by molar-refractivity contribution is -0.111. The summed E-state index contributed by atoms with van der Waals surface area (Å²) in [6.07, 6.45) is 3.43. The van der Waals surface area contributed by atoms with Gasteiger partial charge in [0.1, 0.15) is 0 Å². The lowest BCUT2D eigenvalue weighted by Crippen LogP contribution is -2.10. The summed E-state index contributed by atoms with van der Waals surface area (Å²) >= 11 is 2.28. The second kappa shape index (κ2) is 6.03. The van der Waals surface area contributed by atoms with Crippen LogP contribution in [0.15, 0.2) is 24.8 Å². The number of benzene rings is 1. The minimum atomic E-state index is -0.161. The van der Waals surface area contributed by atoms with Crippen LogP contribution in [-0.4, -0.2) is 5.91 Å². The molecule has 0 bridgehead atoms. The van der Waals surface area contributed by atoms with Crippen LogP contribution in [0.1, 0.15) is 24.5 Å². The van der Waals surface area contributed by atoms with Gasteiger partial charge in [0.15, 0.2) is 0 Å². The number of aryl methyl sites for hydroxylation is 2. The van der Waals surface area contributed by atoms with Gasteiger partial charge in [-0.15, -0.1) is 0 Å². The van der Waals surface area contributed by atoms with Crippen LogP contribution in [0.25, 0.3) is 0 Å². The number of halogens is 1. The molecule has 1 N–H and O–H groups in total. The van der Waals surface area contributed by atoms with E-state index in [-0.39, 0.29) is 5.91 Å². The van der Waals surface area contributed by atoms with E-state index in [9.17, 15) is 4.79 Å². The summed E-state index contributed by atoms with van der Waals surface area (Å²) in [4.78, 5) is 11.3. The summed E-state index contributed by atoms with van der Waals surface area (Å²) in [5.74, 6) is -0.161. The molecule has 16 heavy (non-hydrogen) atoms. The Kier molecular flexibility index (Phi) is 4.99. The first kappa shape index (κ1) is 13.2. The highest BCUT2D eigenvalue weighted by atomic mass is 127. The molecule has 2 nitrogen and oxygen atoms in total. The summed E-state index contributed by atoms with van der Waals surface area (Å²) in [6.45, 7) is 7.65. The van der Waals surface area contributed by atoms with Crippen LogP contribution in [0.3, 0.4) is 0 Å². The van der Waals surface area contributed by atoms with Gasteiger partial charge in [-0.25, -0.2) is 0 Å². The Bertz CT molecular complexity index is 413. The molecule has 3 heteroatoms. The number of hydrogen-bond acceptors (Lipinski definition) is 1. The van der Waals surface area contributed by atoms with Gasteiger partial charge in [0.2, 0.25) is 5.91 Å². The van der Waals surface area contributed by atoms with E-state index in [2.05, 4.69) is 47.5 Å². The third kappa shape index (κ3) is 3.33. The number of hydrogen-bond donors (Lipinski definition) is 1. The van der Waals surface area contributed by atoms with Crippen molar-refractivity contribution in [3.8, 4) is 0 Å². The summed E-state index contributed by atoms with van der Waals surface area (Å²) in [5, 5.41) is 2.84. The molecule has 0 aliphatic carbocycles. The van der Waals surface area contributed by atoms with Crippen molar-refractivity contribution in [1.82, 2.24) is 0 Å². The first-order chi connectivity index (χ1) is 7.58. The molecule has 86 valence electrons. The van der Waals surface area contributed by atoms with E-state index in [1.807, 2.05) is 13.0 Å². The van der Waals surface area contributed by atoms with Crippen molar-refractivity contribution in [1.29, 1.82) is 0 Å². The Morgan fingerprint density at radius 2 is 2.25 bits per heavy atom. The van der Waals surface area contributed by atoms with Crippen molar-refractivity contribution in [2.75, 3.05) is 5.32 Å². The molecule has 1 aromatic carbocycles. The van der Waals surface area contributed by atoms with Gasteiger partial charge in [0.05, 0.1) is 5.69 Å². The van der Waals surface area contributed by atoms with Gasteiger partial charge < -0.3 is 5.32 Å². The van der Waals surface area contributed by atoms with Gasteiger partial charge in [0.25, 0.3) is 0 Å². The molecule has 0 saturated carbocycles. The van der Waals surface area contributed by atoms with Gasteiger partial charge in [-0.1, -0.05) is 26.0 Å². The van der Waals surface area contributed by atoms with E-state index in [4.69, 9.17) is 0 Å². The largest absolute Gasteiger partial charge is 0.322 e. The van der Waals surface area contributed by atoms with Crippen LogP contribution in [0, 0.1) is 10.5 Å². The predicted octanol–water partition coefficient (Wildman–Crippen LogP) is 3.68. The topological polar surface area (TPSA) is 29.1 Å². The fraction of sp³-hybridized carbons (Fsp3) is 0.308. The highest BCUT2D eigenvalue weighted by Gasteiger charge is 2.08. The maximum absolute atomic E-state index is 11.3. The van der Waals surface area contributed by atoms with Crippen molar-refractivity contribution in [3.05, 3.63) is 39.5 Å². The van der Waals surface area contributed by atoms with Crippen molar-refractivity contribution in [2.24, 2.45) is 0 Å². The van der Waals surface area contributed by atoms with Crippen LogP contribution in [-0.2, 0) is 11.2 Å². The van der Waals surface area contributed by atoms with Crippen molar-refractivity contribution in [2.45, 2.75) is 26.7 Å². The molecule has 0 fully saturated rings. The molecule has 0 aliphatic rings. The number of anilines is 1. The van der Waals surface area contributed by atoms with E-state index < -0.39 is 0 Å². The van der Waals surface area contributed by atoms with E-state index in [1.165, 1.54) is 17.2 Å². The Balaban J connectivity index is 3.08. The quantitative estimate of drug-likeness (QED) is 0.663. The molecule has 0 atom stereocenters. The van der Waals surface area contributed by atoms with Gasteiger partial charge >= 0.3 is 0 Å². The fourth-order valence-corrected chi connectivity index (χ4v) is 2.29. The van der Waals surface area contributed by atoms with Crippen LogP contribution in [0.4, 0.5) is 5.69 Å². The molecule has 1 aromatic rings. The number of carbonyl (C=O) groups excluding carboxylic acids is 1. The first-order valence-electron chi connectivity index (χ1n) is 5.31. The molecule has 0 spiro atoms. The number of nitrogens with one attached hydrogen (secondary N) is 1. The lowest BCUT2D eigenvalue weighted by Gasteiger charge is -2.11. The molecule has 1 rings (SSSR count). The zero-order valence-electron chi connectivity index (χ0n) is 9.64. The maximum Gasteiger partial charge on any atom is 0.247 e. The monoisotopic (exact) mass is 329 g/mol. The fourth-order valence-electron chi connectivity index (χ4n) is 1.57. The molecule has 0 aromatic heterocycles. The van der Waals surface area contributed by atoms with Crippen LogP contribution >= 0.6 is 22.6 Å². The van der Waals surface area contributed by atoms with Gasteiger partial charge in [-0.3, -0.25) is 4.79 Å². The van der Waals surface area contributed by atoms with Crippen molar-refractivity contribution in [3.63, 3.8) is 0 Å². The molecule has 0 saturated heterocycles. The van der Waals surface area contributed by atoms with E-state index in [0.29, 0.717) is 0 Å². The van der Waals surface area contributed by atoms with Gasteiger partial charge in [-0.2, -0.15) is 0 Å². The first-order valence-corrected chi connectivity index (χ1v) is 6.38. The Morgan fingerprint density at radius 1 is 1.56 bits per heavy atom. The van der Waals surface area contributed by atoms with Crippen LogP contribution in [0.2, 0.25) is 0 Å². The smallest absolute Gasteiger partial charge is 0.247 e. The summed E-state index contributed by atoms with van der Waals surface area (Å²) in [6, 6.07) is 4.16. The average Bonchev–Trinajstić information content (AvgIpc) is 2.25. The Hall–Kier alpha value is -0.840. The van der Waals surface area contributed by atoms with Crippen molar-refractivity contribution >= 4 is 34.2 Å². The van der Waals surface area contributed by atoms with E-state index in [1.54, 1.807) is 0 Å². The SMILES string of the molecule is C=CC(=O)Nc1cc(C)cc(CCC)c1I. The molecule has 0 radical (unpaired) electrons. The normalized spacial score (nSPS) is 9.94. The molecule has 0 aliphatic heterocycles. The third-order valence-corrected chi connectivity index (χ3v) is 3.53. The highest BCUT2D eigenvalue weighted by molar-refractivity contribution is 14.1. The molecule has 0 unspecified atom stereocenters. The number of rotatable bonds is 4. The maximum atomic E-state index is 11.3. The van der Waals surface area contributed by atoms with Crippen molar-refractivity contribution < 1.29 is 4.79 Å². The van der Waals surface area contributed by atoms with Crippen LogP contribution in [0.5, 0.6) is 0 Å². The standard InChI is InChI=1S/C13H16INO/c1-4-6-10-7-9(3)8-11(13(10)14)15-12(16)5-2/h5,7-8H,2,4,6H2,1,3H3,(H,15,16). The van der Waals surface area contributed by atoms with Crippen LogP contribution < -0.4 is 5.32 Å². The Morgan fingerprint density at radius 3 is 2.81 bits per heavy atom. The third-order valence-electron chi connectivity index (χ3n) is 2.25. The predicted molar refractivity (Wildman–Crippen MR) is 76.7 cm³/mol. The highest BCUT2D eigenvalue weighted by Crippen LogP contribution is 2.25. The Labute approximate surface area is 110 Å². The summed E-state index contributed by atoms with van der Waals surface area (Å²) in [7, 11) is 0. The minimum Gasteiger partial charge on any atom is -0.322 e. The summed E-state index contributed by atoms with van der Waals surface area (Å²) in [5.41, 5.74) is 3.35. The lowest BCUT2D eigenvalue weighted by atomic mass is 10.1. The van der Waals surface area contributed by atoms with E-state index >= 15 is 0 Å². The number of carbonyl (C=O) groups is 1. The minimum absolute atomic E-state index is 0.161. The van der Waals surface area contributed by atoms with Gasteiger partial charge in [-0.05, 0) is 59.2 Å². The molecule has 1 amide bonds. The second-order valence-electron chi connectivity index (χ2n) is 3.73. The molecule has 0 heterocycles. The molecular formula is C13H16INO. The molecular weight excluding hydrogens is 313 g/mol. The zero-order valence-corrected chi connectivity index (χ0v) is 11.8. The van der Waals surface area contributed by atoms with E-state index in [0.717, 1.165) is 22.1 Å². The van der Waals surface area contributed by atoms with Gasteiger partial charge in [0, 0.05) is 3.57 Å². The number of amides is 1. The summed E-state index contributed by atoms with van der Waals surface area (Å²) < 4.78 is 1.13. The second-order valence-corrected chi connectivity index (χ2v) is 4.81. The average molecular weight is 329 g/mol.